The van der Waals surface area contributed by atoms with Crippen LogP contribution in [0.5, 0.6) is 5.75 Å². The van der Waals surface area contributed by atoms with Crippen molar-refractivity contribution in [2.75, 3.05) is 25.1 Å². The molecule has 3 aromatic rings. The van der Waals surface area contributed by atoms with Gasteiger partial charge in [0.15, 0.2) is 6.61 Å². The third-order valence-electron chi connectivity index (χ3n) is 5.08. The summed E-state index contributed by atoms with van der Waals surface area (Å²) < 4.78 is 10.8. The number of carbonyl (C=O) groups is 3. The number of aryl methyl sites for hydroxylation is 1. The number of para-hydroxylation sites is 1. The van der Waals surface area contributed by atoms with Crippen molar-refractivity contribution in [3.8, 4) is 5.75 Å². The van der Waals surface area contributed by atoms with Crippen molar-refractivity contribution in [1.82, 2.24) is 5.32 Å². The third-order valence-corrected chi connectivity index (χ3v) is 6.29. The SMILES string of the molecule is CCOC(=O)c1c(NC(=O)COc2ccccc2C)sc(C(=O)NCCc2ccccc2)c1C. The van der Waals surface area contributed by atoms with E-state index in [1.807, 2.05) is 55.5 Å². The standard InChI is InChI=1S/C26H28N2O5S/c1-4-32-26(31)22-18(3)23(24(30)27-15-14-19-11-6-5-7-12-19)34-25(22)28-21(29)16-33-20-13-9-8-10-17(20)2/h5-13H,4,14-16H2,1-3H3,(H,27,30)(H,28,29). The minimum absolute atomic E-state index is 0.177. The maximum atomic E-state index is 12.8. The summed E-state index contributed by atoms with van der Waals surface area (Å²) in [7, 11) is 0. The summed E-state index contributed by atoms with van der Waals surface area (Å²) in [5.41, 5.74) is 2.67. The molecule has 2 N–H and O–H groups in total. The van der Waals surface area contributed by atoms with Crippen LogP contribution < -0.4 is 15.4 Å². The molecule has 2 aromatic carbocycles. The molecule has 178 valence electrons. The molecular formula is C26H28N2O5S. The number of carbonyl (C=O) groups excluding carboxylic acids is 3. The quantitative estimate of drug-likeness (QED) is 0.416. The average molecular weight is 481 g/mol. The van der Waals surface area contributed by atoms with Crippen LogP contribution in [0, 0.1) is 13.8 Å². The second-order valence-electron chi connectivity index (χ2n) is 7.57. The number of amides is 2. The summed E-state index contributed by atoms with van der Waals surface area (Å²) >= 11 is 1.05. The van der Waals surface area contributed by atoms with Crippen molar-refractivity contribution in [2.45, 2.75) is 27.2 Å². The van der Waals surface area contributed by atoms with Crippen molar-refractivity contribution in [3.63, 3.8) is 0 Å². The zero-order valence-corrected chi connectivity index (χ0v) is 20.3. The van der Waals surface area contributed by atoms with Crippen LogP contribution in [0.25, 0.3) is 0 Å². The lowest BCUT2D eigenvalue weighted by Gasteiger charge is -2.10. The fourth-order valence-electron chi connectivity index (χ4n) is 3.34. The number of ether oxygens (including phenoxy) is 2. The topological polar surface area (TPSA) is 93.7 Å². The minimum Gasteiger partial charge on any atom is -0.483 e. The predicted octanol–water partition coefficient (Wildman–Crippen LogP) is 4.53. The molecule has 0 spiro atoms. The molecule has 0 saturated carbocycles. The highest BCUT2D eigenvalue weighted by Crippen LogP contribution is 2.34. The van der Waals surface area contributed by atoms with Gasteiger partial charge in [-0.15, -0.1) is 11.3 Å². The van der Waals surface area contributed by atoms with Gasteiger partial charge >= 0.3 is 5.97 Å². The van der Waals surface area contributed by atoms with E-state index in [4.69, 9.17) is 9.47 Å². The van der Waals surface area contributed by atoms with Crippen molar-refractivity contribution < 1.29 is 23.9 Å². The molecule has 0 aliphatic rings. The minimum atomic E-state index is -0.588. The Bertz CT molecular complexity index is 1160. The lowest BCUT2D eigenvalue weighted by molar-refractivity contribution is -0.118. The Labute approximate surface area is 203 Å². The van der Waals surface area contributed by atoms with Gasteiger partial charge in [-0.3, -0.25) is 9.59 Å². The van der Waals surface area contributed by atoms with E-state index < -0.39 is 11.9 Å². The van der Waals surface area contributed by atoms with E-state index in [9.17, 15) is 14.4 Å². The molecule has 0 bridgehead atoms. The van der Waals surface area contributed by atoms with Crippen molar-refractivity contribution in [3.05, 3.63) is 81.7 Å². The lowest BCUT2D eigenvalue weighted by Crippen LogP contribution is -2.25. The van der Waals surface area contributed by atoms with Crippen LogP contribution in [0.1, 0.15) is 43.6 Å². The van der Waals surface area contributed by atoms with E-state index in [2.05, 4.69) is 10.6 Å². The summed E-state index contributed by atoms with van der Waals surface area (Å²) in [6, 6.07) is 17.2. The fourth-order valence-corrected chi connectivity index (χ4v) is 4.46. The smallest absolute Gasteiger partial charge is 0.341 e. The first-order chi connectivity index (χ1) is 16.4. The van der Waals surface area contributed by atoms with Gasteiger partial charge < -0.3 is 20.1 Å². The number of rotatable bonds is 10. The lowest BCUT2D eigenvalue weighted by atomic mass is 10.1. The normalized spacial score (nSPS) is 10.4. The second kappa shape index (κ2) is 12.0. The van der Waals surface area contributed by atoms with Crippen LogP contribution >= 0.6 is 11.3 Å². The van der Waals surface area contributed by atoms with Crippen LogP contribution in [0.4, 0.5) is 5.00 Å². The number of nitrogens with one attached hydrogen (secondary N) is 2. The number of esters is 1. The second-order valence-corrected chi connectivity index (χ2v) is 8.60. The van der Waals surface area contributed by atoms with Gasteiger partial charge in [-0.1, -0.05) is 48.5 Å². The van der Waals surface area contributed by atoms with Gasteiger partial charge in [-0.2, -0.15) is 0 Å². The Kier molecular flexibility index (Phi) is 8.81. The highest BCUT2D eigenvalue weighted by molar-refractivity contribution is 7.18. The maximum absolute atomic E-state index is 12.8. The Balaban J connectivity index is 1.71. The van der Waals surface area contributed by atoms with Crippen molar-refractivity contribution in [2.24, 2.45) is 0 Å². The number of hydrogen-bond acceptors (Lipinski definition) is 6. The van der Waals surface area contributed by atoms with Crippen LogP contribution in [-0.2, 0) is 16.0 Å². The molecule has 0 fully saturated rings. The first-order valence-corrected chi connectivity index (χ1v) is 11.8. The number of benzene rings is 2. The molecule has 7 nitrogen and oxygen atoms in total. The molecular weight excluding hydrogens is 452 g/mol. The number of hydrogen-bond donors (Lipinski definition) is 2. The van der Waals surface area contributed by atoms with E-state index in [0.717, 1.165) is 22.5 Å². The van der Waals surface area contributed by atoms with E-state index >= 15 is 0 Å². The molecule has 34 heavy (non-hydrogen) atoms. The average Bonchev–Trinajstić information content (AvgIpc) is 3.15. The molecule has 1 aromatic heterocycles. The van der Waals surface area contributed by atoms with Gasteiger partial charge in [-0.25, -0.2) is 4.79 Å². The zero-order chi connectivity index (χ0) is 24.5. The van der Waals surface area contributed by atoms with E-state index in [-0.39, 0.29) is 29.7 Å². The Morgan fingerprint density at radius 3 is 2.38 bits per heavy atom. The van der Waals surface area contributed by atoms with Crippen molar-refractivity contribution in [1.29, 1.82) is 0 Å². The predicted molar refractivity (Wildman–Crippen MR) is 133 cm³/mol. The number of thiophene rings is 1. The summed E-state index contributed by atoms with van der Waals surface area (Å²) in [5, 5.41) is 5.87. The number of anilines is 1. The highest BCUT2D eigenvalue weighted by atomic mass is 32.1. The Hall–Kier alpha value is -3.65. The molecule has 0 aliphatic heterocycles. The molecule has 1 heterocycles. The first-order valence-electron chi connectivity index (χ1n) is 11.0. The van der Waals surface area contributed by atoms with Crippen molar-refractivity contribution >= 4 is 34.1 Å². The Morgan fingerprint density at radius 2 is 1.68 bits per heavy atom. The van der Waals surface area contributed by atoms with E-state index in [1.54, 1.807) is 19.9 Å². The third kappa shape index (κ3) is 6.45. The summed E-state index contributed by atoms with van der Waals surface area (Å²) in [6.45, 7) is 5.65. The van der Waals surface area contributed by atoms with Gasteiger partial charge in [0.05, 0.1) is 17.0 Å². The van der Waals surface area contributed by atoms with E-state index in [1.165, 1.54) is 0 Å². The molecule has 2 amide bonds. The summed E-state index contributed by atoms with van der Waals surface area (Å²) in [5.74, 6) is -0.731. The molecule has 0 radical (unpaired) electrons. The molecule has 0 atom stereocenters. The van der Waals surface area contributed by atoms with Crippen LogP contribution in [0.3, 0.4) is 0 Å². The molecule has 0 saturated heterocycles. The monoisotopic (exact) mass is 480 g/mol. The molecule has 0 aliphatic carbocycles. The molecule has 8 heteroatoms. The van der Waals surface area contributed by atoms with E-state index in [0.29, 0.717) is 29.2 Å². The van der Waals surface area contributed by atoms with Crippen LogP contribution in [-0.4, -0.2) is 37.5 Å². The summed E-state index contributed by atoms with van der Waals surface area (Å²) in [6.07, 6.45) is 0.682. The van der Waals surface area contributed by atoms with Gasteiger partial charge in [0.1, 0.15) is 10.8 Å². The van der Waals surface area contributed by atoms with Crippen LogP contribution in [0.2, 0.25) is 0 Å². The Morgan fingerprint density at radius 1 is 0.971 bits per heavy atom. The highest BCUT2D eigenvalue weighted by Gasteiger charge is 2.26. The fraction of sp³-hybridized carbons (Fsp3) is 0.269. The van der Waals surface area contributed by atoms with Crippen LogP contribution in [0.15, 0.2) is 54.6 Å². The zero-order valence-electron chi connectivity index (χ0n) is 19.5. The summed E-state index contributed by atoms with van der Waals surface area (Å²) in [4.78, 5) is 38.4. The maximum Gasteiger partial charge on any atom is 0.341 e. The van der Waals surface area contributed by atoms with Gasteiger partial charge in [0.25, 0.3) is 11.8 Å². The largest absolute Gasteiger partial charge is 0.483 e. The molecule has 3 rings (SSSR count). The molecule has 0 unspecified atom stereocenters. The van der Waals surface area contributed by atoms with Gasteiger partial charge in [0, 0.05) is 6.54 Å². The van der Waals surface area contributed by atoms with Gasteiger partial charge in [0.2, 0.25) is 0 Å². The van der Waals surface area contributed by atoms with Gasteiger partial charge in [-0.05, 0) is 49.9 Å². The first kappa shape index (κ1) is 25.0.